The van der Waals surface area contributed by atoms with Crippen LogP contribution in [0.15, 0.2) is 27.9 Å². The van der Waals surface area contributed by atoms with Crippen molar-refractivity contribution in [3.05, 3.63) is 46.1 Å². The first kappa shape index (κ1) is 20.0. The Bertz CT molecular complexity index is 924. The summed E-state index contributed by atoms with van der Waals surface area (Å²) in [5.74, 6) is 0.186. The molecular weight excluding hydrogens is 382 g/mol. The van der Waals surface area contributed by atoms with E-state index in [0.717, 1.165) is 35.2 Å². The maximum absolute atomic E-state index is 12.5. The molecule has 1 atom stereocenters. The van der Waals surface area contributed by atoms with Gasteiger partial charge in [-0.05, 0) is 47.9 Å². The molecule has 0 bridgehead atoms. The summed E-state index contributed by atoms with van der Waals surface area (Å²) in [7, 11) is -3.52. The van der Waals surface area contributed by atoms with Crippen LogP contribution in [0.5, 0.6) is 0 Å². The Kier molecular flexibility index (Phi) is 5.98. The Hall–Kier alpha value is -1.77. The lowest BCUT2D eigenvalue weighted by Gasteiger charge is -2.32. The fourth-order valence-electron chi connectivity index (χ4n) is 3.29. The van der Waals surface area contributed by atoms with Gasteiger partial charge >= 0.3 is 0 Å². The first-order valence-electron chi connectivity index (χ1n) is 9.11. The summed E-state index contributed by atoms with van der Waals surface area (Å²) in [5, 5.41) is 1.74. The zero-order chi connectivity index (χ0) is 19.6. The summed E-state index contributed by atoms with van der Waals surface area (Å²) < 4.78 is 27.8. The van der Waals surface area contributed by atoms with Crippen molar-refractivity contribution in [3.8, 4) is 0 Å². The van der Waals surface area contributed by atoms with Crippen LogP contribution in [0, 0.1) is 12.8 Å². The average molecular weight is 408 g/mol. The van der Waals surface area contributed by atoms with Crippen LogP contribution in [0.25, 0.3) is 0 Å². The smallest absolute Gasteiger partial charge is 0.250 e. The summed E-state index contributed by atoms with van der Waals surface area (Å²) in [6, 6.07) is 3.32. The number of pyridine rings is 1. The molecule has 0 saturated carbocycles. The maximum atomic E-state index is 12.5. The van der Waals surface area contributed by atoms with Gasteiger partial charge in [0.05, 0.1) is 0 Å². The van der Waals surface area contributed by atoms with Gasteiger partial charge in [-0.3, -0.25) is 9.78 Å². The van der Waals surface area contributed by atoms with Crippen molar-refractivity contribution in [2.75, 3.05) is 6.54 Å². The molecule has 3 rings (SSSR count). The molecule has 146 valence electrons. The number of aryl methyl sites for hydroxylation is 1. The third-order valence-electron chi connectivity index (χ3n) is 5.14. The van der Waals surface area contributed by atoms with E-state index < -0.39 is 10.0 Å². The second kappa shape index (κ2) is 8.08. The highest BCUT2D eigenvalue weighted by Gasteiger charge is 2.26. The van der Waals surface area contributed by atoms with Crippen molar-refractivity contribution in [2.45, 2.75) is 50.9 Å². The van der Waals surface area contributed by atoms with Gasteiger partial charge in [-0.15, -0.1) is 11.3 Å². The molecule has 0 aromatic carbocycles. The standard InChI is InChI=1S/C19H25N3O3S2/c1-4-13(2)19(23)22-8-7-16-15(12-22)10-20-14(3)17(16)11-21-27(24,25)18-6-5-9-26-18/h5-6,9-10,13,21H,4,7-8,11-12H2,1-3H3. The van der Waals surface area contributed by atoms with Crippen LogP contribution in [0.2, 0.25) is 0 Å². The quantitative estimate of drug-likeness (QED) is 0.799. The van der Waals surface area contributed by atoms with Crippen molar-refractivity contribution < 1.29 is 13.2 Å². The van der Waals surface area contributed by atoms with E-state index in [0.29, 0.717) is 17.3 Å². The summed E-state index contributed by atoms with van der Waals surface area (Å²) in [5.41, 5.74) is 3.87. The first-order chi connectivity index (χ1) is 12.8. The van der Waals surface area contributed by atoms with Crippen molar-refractivity contribution in [2.24, 2.45) is 5.92 Å². The molecule has 0 fully saturated rings. The molecule has 0 saturated heterocycles. The van der Waals surface area contributed by atoms with Crippen molar-refractivity contribution in [1.82, 2.24) is 14.6 Å². The van der Waals surface area contributed by atoms with Crippen LogP contribution in [0.4, 0.5) is 0 Å². The number of nitrogens with zero attached hydrogens (tertiary/aromatic N) is 2. The molecule has 1 amide bonds. The predicted octanol–water partition coefficient (Wildman–Crippen LogP) is 2.86. The Balaban J connectivity index is 1.80. The van der Waals surface area contributed by atoms with Gasteiger partial charge in [0.1, 0.15) is 4.21 Å². The lowest BCUT2D eigenvalue weighted by Crippen LogP contribution is -2.39. The van der Waals surface area contributed by atoms with E-state index in [9.17, 15) is 13.2 Å². The lowest BCUT2D eigenvalue weighted by atomic mass is 9.94. The molecule has 27 heavy (non-hydrogen) atoms. The van der Waals surface area contributed by atoms with Gasteiger partial charge in [0.15, 0.2) is 0 Å². The SMILES string of the molecule is CCC(C)C(=O)N1CCc2c(cnc(C)c2CNS(=O)(=O)c2cccs2)C1. The second-order valence-corrected chi connectivity index (χ2v) is 9.84. The van der Waals surface area contributed by atoms with Gasteiger partial charge in [0.25, 0.3) is 0 Å². The summed E-state index contributed by atoms with van der Waals surface area (Å²) in [4.78, 5) is 18.8. The maximum Gasteiger partial charge on any atom is 0.250 e. The highest BCUT2D eigenvalue weighted by Crippen LogP contribution is 2.26. The number of hydrogen-bond acceptors (Lipinski definition) is 5. The molecule has 0 aliphatic carbocycles. The monoisotopic (exact) mass is 407 g/mol. The molecule has 8 heteroatoms. The van der Waals surface area contributed by atoms with Crippen LogP contribution in [-0.4, -0.2) is 30.8 Å². The highest BCUT2D eigenvalue weighted by atomic mass is 32.2. The Morgan fingerprint density at radius 3 is 2.89 bits per heavy atom. The van der Waals surface area contributed by atoms with Gasteiger partial charge in [-0.1, -0.05) is 19.9 Å². The third kappa shape index (κ3) is 4.23. The predicted molar refractivity (Wildman–Crippen MR) is 106 cm³/mol. The number of thiophene rings is 1. The lowest BCUT2D eigenvalue weighted by molar-refractivity contribution is -0.136. The minimum atomic E-state index is -3.52. The highest BCUT2D eigenvalue weighted by molar-refractivity contribution is 7.91. The largest absolute Gasteiger partial charge is 0.338 e. The van der Waals surface area contributed by atoms with Crippen LogP contribution < -0.4 is 4.72 Å². The Morgan fingerprint density at radius 1 is 1.44 bits per heavy atom. The molecule has 1 aliphatic heterocycles. The molecule has 6 nitrogen and oxygen atoms in total. The molecular formula is C19H25N3O3S2. The van der Waals surface area contributed by atoms with Gasteiger partial charge in [0, 0.05) is 37.4 Å². The fourth-order valence-corrected chi connectivity index (χ4v) is 5.32. The minimum Gasteiger partial charge on any atom is -0.338 e. The number of carbonyl (C=O) groups is 1. The number of amides is 1. The molecule has 3 heterocycles. The number of carbonyl (C=O) groups excluding carboxylic acids is 1. The summed E-state index contributed by atoms with van der Waals surface area (Å²) in [6.45, 7) is 7.27. The van der Waals surface area contributed by atoms with Crippen molar-refractivity contribution >= 4 is 27.3 Å². The normalized spacial score (nSPS) is 15.4. The Morgan fingerprint density at radius 2 is 2.22 bits per heavy atom. The van der Waals surface area contributed by atoms with E-state index in [-0.39, 0.29) is 18.4 Å². The van der Waals surface area contributed by atoms with E-state index in [1.807, 2.05) is 31.9 Å². The number of rotatable bonds is 6. The van der Waals surface area contributed by atoms with E-state index in [2.05, 4.69) is 9.71 Å². The molecule has 1 aliphatic rings. The summed E-state index contributed by atoms with van der Waals surface area (Å²) in [6.07, 6.45) is 3.36. The summed E-state index contributed by atoms with van der Waals surface area (Å²) >= 11 is 1.20. The van der Waals surface area contributed by atoms with E-state index >= 15 is 0 Å². The molecule has 1 N–H and O–H groups in total. The average Bonchev–Trinajstić information content (AvgIpc) is 3.21. The fraction of sp³-hybridized carbons (Fsp3) is 0.474. The zero-order valence-corrected chi connectivity index (χ0v) is 17.5. The number of nitrogens with one attached hydrogen (secondary N) is 1. The Labute approximate surface area is 164 Å². The zero-order valence-electron chi connectivity index (χ0n) is 15.9. The molecule has 0 spiro atoms. The van der Waals surface area contributed by atoms with E-state index in [1.54, 1.807) is 17.5 Å². The van der Waals surface area contributed by atoms with Crippen molar-refractivity contribution in [3.63, 3.8) is 0 Å². The van der Waals surface area contributed by atoms with Gasteiger partial charge in [0.2, 0.25) is 15.9 Å². The van der Waals surface area contributed by atoms with Crippen LogP contribution in [-0.2, 0) is 34.3 Å². The first-order valence-corrected chi connectivity index (χ1v) is 11.5. The minimum absolute atomic E-state index is 0.0158. The van der Waals surface area contributed by atoms with Crippen LogP contribution in [0.3, 0.4) is 0 Å². The number of fused-ring (bicyclic) bond motifs is 1. The van der Waals surface area contributed by atoms with Gasteiger partial charge in [-0.25, -0.2) is 13.1 Å². The number of hydrogen-bond donors (Lipinski definition) is 1. The number of aromatic nitrogens is 1. The second-order valence-electron chi connectivity index (χ2n) is 6.90. The topological polar surface area (TPSA) is 79.4 Å². The van der Waals surface area contributed by atoms with Crippen molar-refractivity contribution in [1.29, 1.82) is 0 Å². The van der Waals surface area contributed by atoms with Gasteiger partial charge < -0.3 is 4.90 Å². The van der Waals surface area contributed by atoms with Gasteiger partial charge in [-0.2, -0.15) is 0 Å². The number of sulfonamides is 1. The van der Waals surface area contributed by atoms with Crippen LogP contribution in [0.1, 0.15) is 42.7 Å². The van der Waals surface area contributed by atoms with Crippen LogP contribution >= 0.6 is 11.3 Å². The van der Waals surface area contributed by atoms with E-state index in [4.69, 9.17) is 0 Å². The third-order valence-corrected chi connectivity index (χ3v) is 7.94. The van der Waals surface area contributed by atoms with E-state index in [1.165, 1.54) is 11.3 Å². The molecule has 2 aromatic heterocycles. The molecule has 2 aromatic rings. The molecule has 1 unspecified atom stereocenters. The molecule has 0 radical (unpaired) electrons.